The zero-order chi connectivity index (χ0) is 13.1. The lowest BCUT2D eigenvalue weighted by Gasteiger charge is -2.01. The highest BCUT2D eigenvalue weighted by atomic mass is 32.1. The maximum absolute atomic E-state index is 13.1. The van der Waals surface area contributed by atoms with Crippen LogP contribution in [-0.2, 0) is 0 Å². The Morgan fingerprint density at radius 1 is 1.56 bits per heavy atom. The van der Waals surface area contributed by atoms with Gasteiger partial charge in [0.1, 0.15) is 10.7 Å². The number of hydrogen-bond donors (Lipinski definition) is 2. The van der Waals surface area contributed by atoms with Crippen molar-refractivity contribution in [3.63, 3.8) is 0 Å². The van der Waals surface area contributed by atoms with Gasteiger partial charge in [-0.25, -0.2) is 4.39 Å². The Morgan fingerprint density at radius 2 is 2.33 bits per heavy atom. The molecule has 1 aromatic carbocycles. The molecule has 0 atom stereocenters. The van der Waals surface area contributed by atoms with E-state index in [-0.39, 0.29) is 11.7 Å². The van der Waals surface area contributed by atoms with Gasteiger partial charge in [-0.05, 0) is 24.6 Å². The quantitative estimate of drug-likeness (QED) is 0.659. The molecule has 3 N–H and O–H groups in total. The van der Waals surface area contributed by atoms with Gasteiger partial charge in [0, 0.05) is 16.6 Å². The predicted molar refractivity (Wildman–Crippen MR) is 73.3 cm³/mol. The number of carbonyl (C=O) groups is 1. The van der Waals surface area contributed by atoms with E-state index in [1.165, 1.54) is 23.5 Å². The van der Waals surface area contributed by atoms with E-state index in [1.807, 2.05) is 0 Å². The Balaban J connectivity index is 2.31. The zero-order valence-electron chi connectivity index (χ0n) is 9.70. The van der Waals surface area contributed by atoms with E-state index in [0.29, 0.717) is 28.9 Å². The molecule has 0 radical (unpaired) electrons. The minimum absolute atomic E-state index is 0.226. The Labute approximate surface area is 108 Å². The number of amides is 1. The van der Waals surface area contributed by atoms with Crippen molar-refractivity contribution in [2.75, 3.05) is 12.3 Å². The number of rotatable bonds is 4. The van der Waals surface area contributed by atoms with Crippen LogP contribution in [0.25, 0.3) is 10.1 Å². The van der Waals surface area contributed by atoms with Gasteiger partial charge in [0.05, 0.1) is 5.69 Å². The fourth-order valence-corrected chi connectivity index (χ4v) is 2.65. The summed E-state index contributed by atoms with van der Waals surface area (Å²) in [5.41, 5.74) is 6.21. The normalized spacial score (nSPS) is 10.5. The van der Waals surface area contributed by atoms with Crippen LogP contribution in [0.15, 0.2) is 30.9 Å². The fourth-order valence-electron chi connectivity index (χ4n) is 1.63. The second kappa shape index (κ2) is 5.18. The molecule has 0 bridgehead atoms. The lowest BCUT2D eigenvalue weighted by atomic mass is 10.2. The summed E-state index contributed by atoms with van der Waals surface area (Å²) >= 11 is 1.27. The van der Waals surface area contributed by atoms with Crippen molar-refractivity contribution < 1.29 is 9.18 Å². The fraction of sp³-hybridized carbons (Fsp3) is 0.154. The van der Waals surface area contributed by atoms with Crippen LogP contribution < -0.4 is 11.1 Å². The molecule has 2 rings (SSSR count). The number of nitrogens with two attached hydrogens (primary N) is 1. The van der Waals surface area contributed by atoms with Gasteiger partial charge in [-0.2, -0.15) is 0 Å². The molecular formula is C13H13FN2OS. The largest absolute Gasteiger partial charge is 0.397 e. The second-order valence-corrected chi connectivity index (χ2v) is 4.87. The van der Waals surface area contributed by atoms with E-state index in [1.54, 1.807) is 12.1 Å². The van der Waals surface area contributed by atoms with Crippen molar-refractivity contribution in [2.24, 2.45) is 0 Å². The summed E-state index contributed by atoms with van der Waals surface area (Å²) in [6, 6.07) is 4.34. The average Bonchev–Trinajstić information content (AvgIpc) is 2.67. The van der Waals surface area contributed by atoms with Gasteiger partial charge in [0.2, 0.25) is 0 Å². The third-order valence-electron chi connectivity index (χ3n) is 2.53. The van der Waals surface area contributed by atoms with Crippen LogP contribution in [0.3, 0.4) is 0 Å². The molecule has 0 saturated carbocycles. The van der Waals surface area contributed by atoms with E-state index in [2.05, 4.69) is 11.9 Å². The number of hydrogen-bond acceptors (Lipinski definition) is 3. The SMILES string of the molecule is C=CCCNC(=O)c1sc2ccc(F)cc2c1N. The molecule has 94 valence electrons. The van der Waals surface area contributed by atoms with Crippen LogP contribution in [0.4, 0.5) is 10.1 Å². The number of nitrogens with one attached hydrogen (secondary N) is 1. The molecule has 0 spiro atoms. The molecule has 18 heavy (non-hydrogen) atoms. The molecule has 1 amide bonds. The van der Waals surface area contributed by atoms with Gasteiger partial charge in [0.25, 0.3) is 5.91 Å². The van der Waals surface area contributed by atoms with Crippen molar-refractivity contribution >= 4 is 33.0 Å². The molecule has 0 saturated heterocycles. The number of benzene rings is 1. The Bertz CT molecular complexity index is 606. The van der Waals surface area contributed by atoms with Gasteiger partial charge < -0.3 is 11.1 Å². The maximum Gasteiger partial charge on any atom is 0.263 e. The standard InChI is InChI=1S/C13H13FN2OS/c1-2-3-6-16-13(17)12-11(15)9-7-8(14)4-5-10(9)18-12/h2,4-5,7H,1,3,6,15H2,(H,16,17). The number of thiophene rings is 1. The minimum atomic E-state index is -0.356. The van der Waals surface area contributed by atoms with Gasteiger partial charge >= 0.3 is 0 Å². The van der Waals surface area contributed by atoms with Crippen molar-refractivity contribution in [3.05, 3.63) is 41.5 Å². The first-order chi connectivity index (χ1) is 8.63. The lowest BCUT2D eigenvalue weighted by molar-refractivity contribution is 0.0959. The average molecular weight is 264 g/mol. The molecule has 0 aliphatic heterocycles. The molecule has 1 heterocycles. The zero-order valence-corrected chi connectivity index (χ0v) is 10.5. The first-order valence-electron chi connectivity index (χ1n) is 5.50. The summed E-state index contributed by atoms with van der Waals surface area (Å²) in [4.78, 5) is 12.3. The van der Waals surface area contributed by atoms with Crippen molar-refractivity contribution in [3.8, 4) is 0 Å². The first kappa shape index (κ1) is 12.6. The van der Waals surface area contributed by atoms with Crippen molar-refractivity contribution in [1.29, 1.82) is 0 Å². The molecule has 3 nitrogen and oxygen atoms in total. The van der Waals surface area contributed by atoms with Gasteiger partial charge in [0.15, 0.2) is 0 Å². The predicted octanol–water partition coefficient (Wildman–Crippen LogP) is 2.93. The lowest BCUT2D eigenvalue weighted by Crippen LogP contribution is -2.23. The molecule has 1 aromatic heterocycles. The Morgan fingerprint density at radius 3 is 3.06 bits per heavy atom. The van der Waals surface area contributed by atoms with Crippen LogP contribution in [0.1, 0.15) is 16.1 Å². The van der Waals surface area contributed by atoms with Crippen LogP contribution in [-0.4, -0.2) is 12.5 Å². The van der Waals surface area contributed by atoms with E-state index >= 15 is 0 Å². The highest BCUT2D eigenvalue weighted by molar-refractivity contribution is 7.21. The molecule has 0 aliphatic carbocycles. The van der Waals surface area contributed by atoms with Crippen LogP contribution in [0, 0.1) is 5.82 Å². The number of carbonyl (C=O) groups excluding carboxylic acids is 1. The highest BCUT2D eigenvalue weighted by Gasteiger charge is 2.16. The third kappa shape index (κ3) is 2.36. The second-order valence-electron chi connectivity index (χ2n) is 3.82. The summed E-state index contributed by atoms with van der Waals surface area (Å²) in [6.07, 6.45) is 2.43. The van der Waals surface area contributed by atoms with Crippen molar-refractivity contribution in [1.82, 2.24) is 5.32 Å². The van der Waals surface area contributed by atoms with E-state index in [0.717, 1.165) is 4.70 Å². The monoisotopic (exact) mass is 264 g/mol. The van der Waals surface area contributed by atoms with Gasteiger partial charge in [-0.3, -0.25) is 4.79 Å². The number of nitrogen functional groups attached to an aromatic ring is 1. The molecule has 2 aromatic rings. The first-order valence-corrected chi connectivity index (χ1v) is 6.31. The molecule has 0 unspecified atom stereocenters. The van der Waals surface area contributed by atoms with E-state index in [9.17, 15) is 9.18 Å². The van der Waals surface area contributed by atoms with Gasteiger partial charge in [-0.15, -0.1) is 17.9 Å². The summed E-state index contributed by atoms with van der Waals surface area (Å²) in [6.45, 7) is 4.10. The van der Waals surface area contributed by atoms with Crippen LogP contribution in [0.2, 0.25) is 0 Å². The molecule has 0 aliphatic rings. The summed E-state index contributed by atoms with van der Waals surface area (Å²) in [5.74, 6) is -0.582. The highest BCUT2D eigenvalue weighted by Crippen LogP contribution is 2.33. The van der Waals surface area contributed by atoms with Crippen LogP contribution >= 0.6 is 11.3 Å². The summed E-state index contributed by atoms with van der Waals surface area (Å²) in [5, 5.41) is 3.33. The Hall–Kier alpha value is -1.88. The smallest absolute Gasteiger partial charge is 0.263 e. The van der Waals surface area contributed by atoms with E-state index in [4.69, 9.17) is 5.73 Å². The van der Waals surface area contributed by atoms with E-state index < -0.39 is 0 Å². The molecule has 0 fully saturated rings. The molecule has 5 heteroatoms. The van der Waals surface area contributed by atoms with Gasteiger partial charge in [-0.1, -0.05) is 6.08 Å². The summed E-state index contributed by atoms with van der Waals surface area (Å²) in [7, 11) is 0. The topological polar surface area (TPSA) is 55.1 Å². The number of fused-ring (bicyclic) bond motifs is 1. The maximum atomic E-state index is 13.1. The third-order valence-corrected chi connectivity index (χ3v) is 3.71. The van der Waals surface area contributed by atoms with Crippen molar-refractivity contribution in [2.45, 2.75) is 6.42 Å². The molecular weight excluding hydrogens is 251 g/mol. The Kier molecular flexibility index (Phi) is 3.62. The van der Waals surface area contributed by atoms with Crippen LogP contribution in [0.5, 0.6) is 0 Å². The summed E-state index contributed by atoms with van der Waals surface area (Å²) < 4.78 is 13.9. The minimum Gasteiger partial charge on any atom is -0.397 e. The number of anilines is 1. The number of halogens is 1.